The molecule has 0 unspecified atom stereocenters. The highest BCUT2D eigenvalue weighted by atomic mass is 16.5. The summed E-state index contributed by atoms with van der Waals surface area (Å²) in [7, 11) is 2.97. The summed E-state index contributed by atoms with van der Waals surface area (Å²) in [6, 6.07) is 10.9. The summed E-state index contributed by atoms with van der Waals surface area (Å²) in [4.78, 5) is 35.2. The Hall–Kier alpha value is -3.35. The van der Waals surface area contributed by atoms with Crippen LogP contribution in [0.5, 0.6) is 11.5 Å². The third kappa shape index (κ3) is 4.83. The number of carbonyl (C=O) groups excluding carboxylic acids is 3. The summed E-state index contributed by atoms with van der Waals surface area (Å²) in [6.07, 6.45) is 0. The van der Waals surface area contributed by atoms with E-state index in [9.17, 15) is 14.4 Å². The van der Waals surface area contributed by atoms with Crippen molar-refractivity contribution in [2.24, 2.45) is 0 Å². The zero-order valence-corrected chi connectivity index (χ0v) is 14.7. The van der Waals surface area contributed by atoms with Crippen LogP contribution in [0, 0.1) is 0 Å². The van der Waals surface area contributed by atoms with E-state index in [0.717, 1.165) is 0 Å². The highest BCUT2D eigenvalue weighted by molar-refractivity contribution is 6.00. The molecule has 7 heteroatoms. The number of ketones is 1. The van der Waals surface area contributed by atoms with Crippen molar-refractivity contribution in [3.05, 3.63) is 53.6 Å². The van der Waals surface area contributed by atoms with E-state index in [0.29, 0.717) is 22.7 Å². The van der Waals surface area contributed by atoms with E-state index in [1.54, 1.807) is 24.3 Å². The fraction of sp³-hybridized carbons (Fsp3) is 0.211. The smallest absolute Gasteiger partial charge is 0.338 e. The second-order valence-corrected chi connectivity index (χ2v) is 5.33. The molecule has 1 N–H and O–H groups in total. The first kappa shape index (κ1) is 19.0. The minimum Gasteiger partial charge on any atom is -0.493 e. The summed E-state index contributed by atoms with van der Waals surface area (Å²) < 4.78 is 15.3. The number of rotatable bonds is 7. The van der Waals surface area contributed by atoms with E-state index in [-0.39, 0.29) is 17.3 Å². The van der Waals surface area contributed by atoms with Gasteiger partial charge >= 0.3 is 5.97 Å². The average molecular weight is 357 g/mol. The number of hydrogen-bond donors (Lipinski definition) is 1. The predicted octanol–water partition coefficient (Wildman–Crippen LogP) is 2.70. The lowest BCUT2D eigenvalue weighted by atomic mass is 10.1. The van der Waals surface area contributed by atoms with Gasteiger partial charge in [-0.25, -0.2) is 4.79 Å². The lowest BCUT2D eigenvalue weighted by Crippen LogP contribution is -2.14. The SMILES string of the molecule is COc1ccc(C(=O)COC(=O)c2ccc(NC(C)=O)cc2)cc1OC. The van der Waals surface area contributed by atoms with E-state index < -0.39 is 12.6 Å². The number of amides is 1. The standard InChI is InChI=1S/C19H19NO6/c1-12(21)20-15-7-4-13(5-8-15)19(23)26-11-16(22)14-6-9-17(24-2)18(10-14)25-3/h4-10H,11H2,1-3H3,(H,20,21). The fourth-order valence-corrected chi connectivity index (χ4v) is 2.20. The van der Waals surface area contributed by atoms with Crippen LogP contribution in [0.2, 0.25) is 0 Å². The Balaban J connectivity index is 1.98. The quantitative estimate of drug-likeness (QED) is 0.605. The molecule has 0 aliphatic carbocycles. The van der Waals surface area contributed by atoms with Crippen LogP contribution < -0.4 is 14.8 Å². The van der Waals surface area contributed by atoms with Gasteiger partial charge in [-0.1, -0.05) is 0 Å². The van der Waals surface area contributed by atoms with Gasteiger partial charge in [0.1, 0.15) is 0 Å². The molecule has 26 heavy (non-hydrogen) atoms. The Morgan fingerprint density at radius 2 is 1.50 bits per heavy atom. The molecule has 0 saturated heterocycles. The van der Waals surface area contributed by atoms with E-state index in [4.69, 9.17) is 14.2 Å². The first-order valence-electron chi connectivity index (χ1n) is 7.74. The highest BCUT2D eigenvalue weighted by Crippen LogP contribution is 2.27. The van der Waals surface area contributed by atoms with Gasteiger partial charge in [0.25, 0.3) is 0 Å². The van der Waals surface area contributed by atoms with Gasteiger partial charge in [-0.15, -0.1) is 0 Å². The molecule has 2 aromatic rings. The summed E-state index contributed by atoms with van der Waals surface area (Å²) in [5.74, 6) is -0.290. The number of anilines is 1. The molecule has 2 aromatic carbocycles. The third-order valence-corrected chi connectivity index (χ3v) is 3.48. The van der Waals surface area contributed by atoms with Gasteiger partial charge in [-0.2, -0.15) is 0 Å². The van der Waals surface area contributed by atoms with E-state index in [2.05, 4.69) is 5.32 Å². The van der Waals surface area contributed by atoms with Gasteiger partial charge < -0.3 is 19.5 Å². The van der Waals surface area contributed by atoms with Crippen LogP contribution in [0.25, 0.3) is 0 Å². The molecular formula is C19H19NO6. The van der Waals surface area contributed by atoms with Crippen molar-refractivity contribution in [1.82, 2.24) is 0 Å². The maximum Gasteiger partial charge on any atom is 0.338 e. The van der Waals surface area contributed by atoms with Crippen LogP contribution >= 0.6 is 0 Å². The van der Waals surface area contributed by atoms with E-state index >= 15 is 0 Å². The minimum atomic E-state index is -0.631. The van der Waals surface area contributed by atoms with Gasteiger partial charge in [-0.05, 0) is 42.5 Å². The molecule has 0 fully saturated rings. The Morgan fingerprint density at radius 3 is 2.08 bits per heavy atom. The second-order valence-electron chi connectivity index (χ2n) is 5.33. The number of hydrogen-bond acceptors (Lipinski definition) is 6. The molecule has 0 radical (unpaired) electrons. The maximum atomic E-state index is 12.2. The van der Waals surface area contributed by atoms with Gasteiger partial charge in [0, 0.05) is 18.2 Å². The zero-order valence-electron chi connectivity index (χ0n) is 14.7. The lowest BCUT2D eigenvalue weighted by Gasteiger charge is -2.09. The van der Waals surface area contributed by atoms with Crippen molar-refractivity contribution in [3.63, 3.8) is 0 Å². The number of esters is 1. The molecule has 0 saturated carbocycles. The van der Waals surface area contributed by atoms with Gasteiger partial charge in [0.15, 0.2) is 23.9 Å². The third-order valence-electron chi connectivity index (χ3n) is 3.48. The van der Waals surface area contributed by atoms with Crippen molar-refractivity contribution < 1.29 is 28.6 Å². The predicted molar refractivity (Wildman–Crippen MR) is 94.9 cm³/mol. The number of carbonyl (C=O) groups is 3. The summed E-state index contributed by atoms with van der Waals surface area (Å²) in [6.45, 7) is 0.990. The van der Waals surface area contributed by atoms with E-state index in [1.807, 2.05) is 0 Å². The first-order valence-corrected chi connectivity index (χ1v) is 7.74. The number of ether oxygens (including phenoxy) is 3. The topological polar surface area (TPSA) is 90.9 Å². The maximum absolute atomic E-state index is 12.2. The van der Waals surface area contributed by atoms with Gasteiger partial charge in [-0.3, -0.25) is 9.59 Å². The molecule has 0 aromatic heterocycles. The van der Waals surface area contributed by atoms with Crippen molar-refractivity contribution in [1.29, 1.82) is 0 Å². The molecule has 2 rings (SSSR count). The fourth-order valence-electron chi connectivity index (χ4n) is 2.20. The molecule has 0 bridgehead atoms. The van der Waals surface area contributed by atoms with Crippen molar-refractivity contribution in [2.45, 2.75) is 6.92 Å². The molecule has 1 amide bonds. The number of nitrogens with one attached hydrogen (secondary N) is 1. The monoisotopic (exact) mass is 357 g/mol. The average Bonchev–Trinajstić information content (AvgIpc) is 2.65. The first-order chi connectivity index (χ1) is 12.4. The van der Waals surface area contributed by atoms with Gasteiger partial charge in [0.2, 0.25) is 5.91 Å². The molecule has 0 aliphatic heterocycles. The van der Waals surface area contributed by atoms with Crippen LogP contribution in [-0.2, 0) is 9.53 Å². The van der Waals surface area contributed by atoms with E-state index in [1.165, 1.54) is 39.3 Å². The highest BCUT2D eigenvalue weighted by Gasteiger charge is 2.14. The number of Topliss-reactive ketones (excluding diaryl/α,β-unsaturated/α-hetero) is 1. The van der Waals surface area contributed by atoms with Crippen LogP contribution in [0.3, 0.4) is 0 Å². The molecule has 136 valence electrons. The molecule has 7 nitrogen and oxygen atoms in total. The molecule has 0 atom stereocenters. The number of methoxy groups -OCH3 is 2. The minimum absolute atomic E-state index is 0.208. The Labute approximate surface area is 150 Å². The van der Waals surface area contributed by atoms with Crippen LogP contribution in [0.1, 0.15) is 27.6 Å². The molecule has 0 spiro atoms. The normalized spacial score (nSPS) is 9.96. The van der Waals surface area contributed by atoms with Crippen molar-refractivity contribution in [2.75, 3.05) is 26.1 Å². The van der Waals surface area contributed by atoms with Gasteiger partial charge in [0.05, 0.1) is 19.8 Å². The second kappa shape index (κ2) is 8.66. The lowest BCUT2D eigenvalue weighted by molar-refractivity contribution is -0.114. The largest absolute Gasteiger partial charge is 0.493 e. The van der Waals surface area contributed by atoms with Crippen LogP contribution in [-0.4, -0.2) is 38.5 Å². The van der Waals surface area contributed by atoms with Crippen LogP contribution in [0.15, 0.2) is 42.5 Å². The summed E-state index contributed by atoms with van der Waals surface area (Å²) in [5.41, 5.74) is 1.19. The molecular weight excluding hydrogens is 338 g/mol. The zero-order chi connectivity index (χ0) is 19.1. The van der Waals surface area contributed by atoms with Crippen molar-refractivity contribution >= 4 is 23.3 Å². The van der Waals surface area contributed by atoms with Crippen molar-refractivity contribution in [3.8, 4) is 11.5 Å². The summed E-state index contributed by atoms with van der Waals surface area (Å²) >= 11 is 0. The Kier molecular flexibility index (Phi) is 6.32. The Morgan fingerprint density at radius 1 is 0.885 bits per heavy atom. The van der Waals surface area contributed by atoms with Crippen LogP contribution in [0.4, 0.5) is 5.69 Å². The summed E-state index contributed by atoms with van der Waals surface area (Å²) in [5, 5.41) is 2.60. The Bertz CT molecular complexity index is 813. The number of benzene rings is 2. The molecule has 0 heterocycles. The molecule has 0 aliphatic rings.